The van der Waals surface area contributed by atoms with Gasteiger partial charge >= 0.3 is 0 Å². The fourth-order valence-corrected chi connectivity index (χ4v) is 6.07. The van der Waals surface area contributed by atoms with Gasteiger partial charge in [0.05, 0.1) is 0 Å². The summed E-state index contributed by atoms with van der Waals surface area (Å²) in [6.07, 6.45) is 13.3. The van der Waals surface area contributed by atoms with E-state index in [1.807, 2.05) is 0 Å². The summed E-state index contributed by atoms with van der Waals surface area (Å²) in [4.78, 5) is 0. The van der Waals surface area contributed by atoms with E-state index in [0.29, 0.717) is 5.92 Å². The molecule has 0 heteroatoms. The Balaban J connectivity index is 1.71. The van der Waals surface area contributed by atoms with Crippen LogP contribution in [0, 0.1) is 29.6 Å². The van der Waals surface area contributed by atoms with E-state index < -0.39 is 0 Å². The van der Waals surface area contributed by atoms with E-state index in [0.717, 1.165) is 36.5 Å². The van der Waals surface area contributed by atoms with Crippen molar-refractivity contribution < 1.29 is 0 Å². The summed E-state index contributed by atoms with van der Waals surface area (Å²) >= 11 is 0. The van der Waals surface area contributed by atoms with Gasteiger partial charge in [-0.3, -0.25) is 0 Å². The topological polar surface area (TPSA) is 0 Å². The Morgan fingerprint density at radius 1 is 1.00 bits per heavy atom. The molecule has 4 aliphatic rings. The number of hydrogen-bond donors (Lipinski definition) is 0. The van der Waals surface area contributed by atoms with Gasteiger partial charge in [0, 0.05) is 12.0 Å². The van der Waals surface area contributed by atoms with Crippen molar-refractivity contribution in [1.29, 1.82) is 0 Å². The van der Waals surface area contributed by atoms with Crippen LogP contribution in [0.1, 0.15) is 51.4 Å². The minimum atomic E-state index is 0.689. The first-order valence-corrected chi connectivity index (χ1v) is 9.04. The van der Waals surface area contributed by atoms with Crippen LogP contribution >= 0.6 is 0 Å². The van der Waals surface area contributed by atoms with Crippen LogP contribution in [0.5, 0.6) is 0 Å². The van der Waals surface area contributed by atoms with E-state index in [1.165, 1.54) is 49.7 Å². The maximum absolute atomic E-state index is 3.95. The third kappa shape index (κ3) is 2.15. The summed E-state index contributed by atoms with van der Waals surface area (Å²) in [6, 6.07) is 0. The molecule has 4 rings (SSSR count). The van der Waals surface area contributed by atoms with Crippen LogP contribution in [-0.2, 0) is 0 Å². The largest absolute Gasteiger partial charge is 0.125 e. The maximum atomic E-state index is 3.95. The van der Waals surface area contributed by atoms with Gasteiger partial charge in [0.2, 0.25) is 0 Å². The molecule has 0 heterocycles. The minimum Gasteiger partial charge on any atom is -0.125 e. The molecule has 0 N–H and O–H groups in total. The van der Waals surface area contributed by atoms with E-state index in [1.54, 1.807) is 5.57 Å². The van der Waals surface area contributed by atoms with E-state index in [9.17, 15) is 0 Å². The number of rotatable bonds is 0. The zero-order chi connectivity index (χ0) is 15.1. The van der Waals surface area contributed by atoms with Crippen LogP contribution < -0.4 is 0 Å². The van der Waals surface area contributed by atoms with Gasteiger partial charge in [-0.05, 0) is 79.4 Å². The van der Waals surface area contributed by atoms with E-state index >= 15 is 0 Å². The van der Waals surface area contributed by atoms with Crippen LogP contribution in [0.2, 0.25) is 0 Å². The molecule has 22 heavy (non-hydrogen) atoms. The first-order valence-electron chi connectivity index (χ1n) is 9.04. The van der Waals surface area contributed by atoms with Crippen LogP contribution in [0.15, 0.2) is 53.1 Å². The first kappa shape index (κ1) is 14.2. The second kappa shape index (κ2) is 5.64. The fourth-order valence-electron chi connectivity index (χ4n) is 6.07. The Kier molecular flexibility index (Phi) is 3.63. The lowest BCUT2D eigenvalue weighted by atomic mass is 9.56. The average Bonchev–Trinajstić information content (AvgIpc) is 3.03. The number of allylic oxidation sites excluding steroid dienone is 4. The molecule has 0 aliphatic heterocycles. The molecule has 4 aliphatic carbocycles. The van der Waals surface area contributed by atoms with Crippen molar-refractivity contribution in [2.24, 2.45) is 29.6 Å². The Morgan fingerprint density at radius 2 is 1.91 bits per heavy atom. The molecule has 0 bridgehead atoms. The second-order valence-corrected chi connectivity index (χ2v) is 7.70. The van der Waals surface area contributed by atoms with Gasteiger partial charge in [-0.25, -0.2) is 0 Å². The van der Waals surface area contributed by atoms with Gasteiger partial charge in [-0.2, -0.15) is 0 Å². The van der Waals surface area contributed by atoms with Crippen LogP contribution in [0.4, 0.5) is 0 Å². The van der Waals surface area contributed by atoms with Crippen molar-refractivity contribution in [2.45, 2.75) is 51.4 Å². The van der Waals surface area contributed by atoms with Crippen molar-refractivity contribution in [3.63, 3.8) is 0 Å². The Bertz CT molecular complexity index is 642. The number of hydrogen-bond acceptors (Lipinski definition) is 0. The molecule has 5 unspecified atom stereocenters. The molecular formula is C22H26. The molecule has 0 spiro atoms. The molecule has 0 amide bonds. The normalized spacial score (nSPS) is 39.6. The van der Waals surface area contributed by atoms with E-state index in [-0.39, 0.29) is 0 Å². The lowest BCUT2D eigenvalue weighted by Gasteiger charge is -2.48. The predicted molar refractivity (Wildman–Crippen MR) is 91.3 cm³/mol. The van der Waals surface area contributed by atoms with Gasteiger partial charge < -0.3 is 0 Å². The van der Waals surface area contributed by atoms with Crippen molar-refractivity contribution in [3.05, 3.63) is 53.1 Å². The first-order chi connectivity index (χ1) is 10.8. The molecule has 0 radical (unpaired) electrons. The summed E-state index contributed by atoms with van der Waals surface area (Å²) in [5.41, 5.74) is 13.6. The highest BCUT2D eigenvalue weighted by atomic mass is 14.5. The average molecular weight is 290 g/mol. The Hall–Kier alpha value is -1.44. The highest BCUT2D eigenvalue weighted by Crippen LogP contribution is 2.57. The fraction of sp³-hybridized carbons (Fsp3) is 0.591. The van der Waals surface area contributed by atoms with Gasteiger partial charge in [0.25, 0.3) is 0 Å². The van der Waals surface area contributed by atoms with E-state index in [2.05, 4.69) is 36.4 Å². The van der Waals surface area contributed by atoms with Crippen molar-refractivity contribution in [3.8, 4) is 0 Å². The third-order valence-corrected chi connectivity index (χ3v) is 6.90. The molecule has 114 valence electrons. The SMILES string of the molecule is C=C=C=C1CC(=C=C)C2=CCC3C4CCCC4CCC3C2C1. The monoisotopic (exact) mass is 290 g/mol. The highest BCUT2D eigenvalue weighted by Gasteiger charge is 2.47. The molecule has 0 aromatic carbocycles. The van der Waals surface area contributed by atoms with Gasteiger partial charge in [0.1, 0.15) is 0 Å². The zero-order valence-electron chi connectivity index (χ0n) is 13.5. The van der Waals surface area contributed by atoms with Crippen LogP contribution in [-0.4, -0.2) is 0 Å². The van der Waals surface area contributed by atoms with Crippen LogP contribution in [0.25, 0.3) is 0 Å². The molecular weight excluding hydrogens is 264 g/mol. The molecule has 5 atom stereocenters. The Labute approximate surface area is 134 Å². The predicted octanol–water partition coefficient (Wildman–Crippen LogP) is 5.75. The van der Waals surface area contributed by atoms with Crippen molar-refractivity contribution >= 4 is 0 Å². The number of fused-ring (bicyclic) bond motifs is 5. The van der Waals surface area contributed by atoms with Crippen LogP contribution in [0.3, 0.4) is 0 Å². The summed E-state index contributed by atoms with van der Waals surface area (Å²) in [7, 11) is 0. The Morgan fingerprint density at radius 3 is 2.73 bits per heavy atom. The van der Waals surface area contributed by atoms with Gasteiger partial charge in [0.15, 0.2) is 0 Å². The van der Waals surface area contributed by atoms with Crippen molar-refractivity contribution in [1.82, 2.24) is 0 Å². The molecule has 0 aromatic heterocycles. The third-order valence-electron chi connectivity index (χ3n) is 6.90. The molecule has 0 saturated heterocycles. The van der Waals surface area contributed by atoms with Crippen molar-refractivity contribution in [2.75, 3.05) is 0 Å². The highest BCUT2D eigenvalue weighted by molar-refractivity contribution is 5.42. The lowest BCUT2D eigenvalue weighted by molar-refractivity contribution is 0.0719. The zero-order valence-corrected chi connectivity index (χ0v) is 13.5. The molecule has 0 nitrogen and oxygen atoms in total. The molecule has 3 saturated carbocycles. The molecule has 3 fully saturated rings. The molecule has 0 aromatic rings. The van der Waals surface area contributed by atoms with Gasteiger partial charge in [-0.1, -0.05) is 37.0 Å². The smallest absolute Gasteiger partial charge is 0.00920 e. The summed E-state index contributed by atoms with van der Waals surface area (Å²) in [5, 5.41) is 0. The minimum absolute atomic E-state index is 0.689. The summed E-state index contributed by atoms with van der Waals surface area (Å²) in [5.74, 6) is 4.56. The maximum Gasteiger partial charge on any atom is 0.00920 e. The summed E-state index contributed by atoms with van der Waals surface area (Å²) < 4.78 is 0. The standard InChI is InChI=1S/C22H26/c1-3-6-15-13-16(4-2)19-11-12-20-18-8-5-7-17(18)9-10-21(20)22(19)14-15/h11,17-18,20-22H,1-2,5,7-10,12-14H2. The second-order valence-electron chi connectivity index (χ2n) is 7.70. The quantitative estimate of drug-likeness (QED) is 0.498. The van der Waals surface area contributed by atoms with Gasteiger partial charge in [-0.15, -0.1) is 5.73 Å². The lowest BCUT2D eigenvalue weighted by Crippen LogP contribution is -2.40. The van der Waals surface area contributed by atoms with E-state index in [4.69, 9.17) is 0 Å². The summed E-state index contributed by atoms with van der Waals surface area (Å²) in [6.45, 7) is 7.66.